The molecule has 0 radical (unpaired) electrons. The van der Waals surface area contributed by atoms with Gasteiger partial charge in [-0.1, -0.05) is 61.8 Å². The zero-order chi connectivity index (χ0) is 39.3. The highest BCUT2D eigenvalue weighted by atomic mass is 35.5. The Balaban J connectivity index is 0.000000172. The van der Waals surface area contributed by atoms with Crippen LogP contribution in [-0.2, 0) is 12.8 Å². The summed E-state index contributed by atoms with van der Waals surface area (Å²) in [5.74, 6) is 1.44. The summed E-state index contributed by atoms with van der Waals surface area (Å²) in [6.45, 7) is 4.07. The molecule has 0 bridgehead atoms. The van der Waals surface area contributed by atoms with Gasteiger partial charge in [-0.3, -0.25) is 0 Å². The molecule has 0 spiro atoms. The lowest BCUT2D eigenvalue weighted by Gasteiger charge is -2.18. The fourth-order valence-corrected chi connectivity index (χ4v) is 9.69. The first-order valence-corrected chi connectivity index (χ1v) is 21.6. The summed E-state index contributed by atoms with van der Waals surface area (Å²) < 4.78 is 24.6. The van der Waals surface area contributed by atoms with Gasteiger partial charge in [0.1, 0.15) is 28.8 Å². The van der Waals surface area contributed by atoms with Crippen LogP contribution in [0, 0.1) is 17.7 Å². The van der Waals surface area contributed by atoms with Crippen LogP contribution in [0.5, 0.6) is 11.5 Å². The van der Waals surface area contributed by atoms with Crippen molar-refractivity contribution in [3.05, 3.63) is 171 Å². The number of aromatic hydroxyl groups is 2. The van der Waals surface area contributed by atoms with Crippen LogP contribution in [0.4, 0.5) is 4.39 Å². The van der Waals surface area contributed by atoms with Crippen molar-refractivity contribution in [2.45, 2.75) is 88.9 Å². The van der Waals surface area contributed by atoms with Gasteiger partial charge in [0, 0.05) is 50.6 Å². The summed E-state index contributed by atoms with van der Waals surface area (Å²) in [6.07, 6.45) is 7.19. The number of benzene rings is 2. The van der Waals surface area contributed by atoms with Gasteiger partial charge in [-0.25, -0.2) is 14.0 Å². The maximum Gasteiger partial charge on any atom is 0.343 e. The van der Waals surface area contributed by atoms with E-state index in [9.17, 15) is 24.2 Å². The molecule has 2 N–H and O–H groups in total. The third-order valence-electron chi connectivity index (χ3n) is 11.1. The second-order valence-corrected chi connectivity index (χ2v) is 17.4. The summed E-state index contributed by atoms with van der Waals surface area (Å²) in [5, 5.41) is 26.3. The van der Waals surface area contributed by atoms with Gasteiger partial charge in [-0.2, -0.15) is 0 Å². The van der Waals surface area contributed by atoms with Gasteiger partial charge in [-0.05, 0) is 121 Å². The van der Waals surface area contributed by atoms with Crippen molar-refractivity contribution in [3.63, 3.8) is 0 Å². The number of thiophene rings is 2. The predicted molar refractivity (Wildman–Crippen MR) is 222 cm³/mol. The zero-order valence-corrected chi connectivity index (χ0v) is 33.8. The summed E-state index contributed by atoms with van der Waals surface area (Å²) >= 11 is 9.20. The normalized spacial score (nSPS) is 16.1. The van der Waals surface area contributed by atoms with E-state index in [0.717, 1.165) is 65.8 Å². The minimum absolute atomic E-state index is 0.0223. The molecule has 4 atom stereocenters. The molecule has 292 valence electrons. The van der Waals surface area contributed by atoms with Crippen molar-refractivity contribution in [2.24, 2.45) is 11.8 Å². The number of hydrogen-bond acceptors (Lipinski definition) is 8. The molecule has 4 heterocycles. The first-order valence-electron chi connectivity index (χ1n) is 19.4. The van der Waals surface area contributed by atoms with Gasteiger partial charge < -0.3 is 19.0 Å². The van der Waals surface area contributed by atoms with Gasteiger partial charge in [0.25, 0.3) is 0 Å². The smallest absolute Gasteiger partial charge is 0.343 e. The highest BCUT2D eigenvalue weighted by Gasteiger charge is 2.39. The molecule has 0 aliphatic heterocycles. The average molecular weight is 813 g/mol. The molecule has 2 fully saturated rings. The molecular weight excluding hydrogens is 767 g/mol. The minimum Gasteiger partial charge on any atom is -0.507 e. The average Bonchev–Trinajstić information content (AvgIpc) is 4.09. The van der Waals surface area contributed by atoms with E-state index in [-0.39, 0.29) is 41.0 Å². The first kappa shape index (κ1) is 39.8. The van der Waals surface area contributed by atoms with E-state index in [1.165, 1.54) is 12.1 Å². The highest BCUT2D eigenvalue weighted by molar-refractivity contribution is 7.10. The summed E-state index contributed by atoms with van der Waals surface area (Å²) in [5.41, 5.74) is 2.03. The third kappa shape index (κ3) is 9.39. The van der Waals surface area contributed by atoms with Gasteiger partial charge in [0.05, 0.1) is 11.1 Å². The van der Waals surface area contributed by atoms with Crippen molar-refractivity contribution in [3.8, 4) is 11.5 Å². The Bertz CT molecular complexity index is 2140. The Morgan fingerprint density at radius 1 is 0.679 bits per heavy atom. The molecule has 8 rings (SSSR count). The number of halogens is 2. The molecule has 4 unspecified atom stereocenters. The molecule has 2 aliphatic carbocycles. The maximum absolute atomic E-state index is 13.1. The summed E-state index contributed by atoms with van der Waals surface area (Å²) in [7, 11) is 0. The molecule has 0 amide bonds. The van der Waals surface area contributed by atoms with Gasteiger partial charge in [-0.15, -0.1) is 22.7 Å². The quantitative estimate of drug-likeness (QED) is 0.114. The Morgan fingerprint density at radius 3 is 1.43 bits per heavy atom. The summed E-state index contributed by atoms with van der Waals surface area (Å²) in [4.78, 5) is 28.0. The molecule has 6 nitrogen and oxygen atoms in total. The van der Waals surface area contributed by atoms with Crippen LogP contribution in [-0.4, -0.2) is 10.2 Å². The van der Waals surface area contributed by atoms with Gasteiger partial charge in [0.2, 0.25) is 0 Å². The van der Waals surface area contributed by atoms with Crippen molar-refractivity contribution < 1.29 is 23.4 Å². The van der Waals surface area contributed by atoms with E-state index in [1.54, 1.807) is 46.9 Å². The Labute approximate surface area is 339 Å². The highest BCUT2D eigenvalue weighted by Crippen LogP contribution is 2.50. The lowest BCUT2D eigenvalue weighted by molar-refractivity contribution is 0.379. The number of rotatable bonds is 14. The largest absolute Gasteiger partial charge is 0.507 e. The molecule has 4 aromatic heterocycles. The second kappa shape index (κ2) is 17.8. The lowest BCUT2D eigenvalue weighted by Crippen LogP contribution is -2.17. The van der Waals surface area contributed by atoms with Crippen LogP contribution in [0.1, 0.15) is 120 Å². The lowest BCUT2D eigenvalue weighted by atomic mass is 9.90. The Morgan fingerprint density at radius 2 is 1.09 bits per heavy atom. The molecular formula is C46H46ClFO6S2. The standard InChI is InChI=1S/C23H23ClO3S.C23H23FO3S/c2*1-2-15(12-14-5-9-17(24)10-6-14)19-13-18(25)22(23(26)27-19)21(16-7-8-16)20-4-3-11-28-20/h2*3-6,9-11,13,15-16,21,25H,2,7-8,12H2,1H3. The molecule has 2 aromatic carbocycles. The minimum atomic E-state index is -0.446. The molecule has 6 aromatic rings. The molecule has 2 saturated carbocycles. The predicted octanol–water partition coefficient (Wildman–Crippen LogP) is 12.2. The van der Waals surface area contributed by atoms with Crippen LogP contribution in [0.2, 0.25) is 5.02 Å². The van der Waals surface area contributed by atoms with Crippen LogP contribution >= 0.6 is 34.3 Å². The molecule has 10 heteroatoms. The van der Waals surface area contributed by atoms with Crippen molar-refractivity contribution >= 4 is 34.3 Å². The fourth-order valence-electron chi connectivity index (χ4n) is 7.71. The molecule has 0 saturated heterocycles. The Hall–Kier alpha value is -4.44. The Kier molecular flexibility index (Phi) is 12.6. The second-order valence-electron chi connectivity index (χ2n) is 15.0. The van der Waals surface area contributed by atoms with Gasteiger partial charge in [0.15, 0.2) is 0 Å². The van der Waals surface area contributed by atoms with Crippen molar-refractivity contribution in [1.82, 2.24) is 0 Å². The van der Waals surface area contributed by atoms with Crippen LogP contribution in [0.25, 0.3) is 0 Å². The molecule has 56 heavy (non-hydrogen) atoms. The summed E-state index contributed by atoms with van der Waals surface area (Å²) in [6, 6.07) is 25.3. The SMILES string of the molecule is CCC(Cc1ccc(Cl)cc1)c1cc(O)c(C(c2cccs2)C2CC2)c(=O)o1.CCC(Cc1ccc(F)cc1)c1cc(O)c(C(c2cccs2)C2CC2)c(=O)o1. The van der Waals surface area contributed by atoms with E-state index in [1.807, 2.05) is 66.2 Å². The third-order valence-corrected chi connectivity index (χ3v) is 13.2. The van der Waals surface area contributed by atoms with E-state index in [0.29, 0.717) is 45.9 Å². The topological polar surface area (TPSA) is 101 Å². The van der Waals surface area contributed by atoms with Crippen LogP contribution < -0.4 is 11.3 Å². The maximum atomic E-state index is 13.1. The van der Waals surface area contributed by atoms with E-state index in [4.69, 9.17) is 20.4 Å². The van der Waals surface area contributed by atoms with Crippen LogP contribution in [0.15, 0.2) is 114 Å². The zero-order valence-electron chi connectivity index (χ0n) is 31.5. The first-order chi connectivity index (χ1) is 27.1. The monoisotopic (exact) mass is 812 g/mol. The van der Waals surface area contributed by atoms with E-state index in [2.05, 4.69) is 6.92 Å². The van der Waals surface area contributed by atoms with Gasteiger partial charge >= 0.3 is 11.3 Å². The van der Waals surface area contributed by atoms with Crippen molar-refractivity contribution in [2.75, 3.05) is 0 Å². The number of hydrogen-bond donors (Lipinski definition) is 2. The van der Waals surface area contributed by atoms with Crippen LogP contribution in [0.3, 0.4) is 0 Å². The van der Waals surface area contributed by atoms with E-state index < -0.39 is 11.3 Å². The van der Waals surface area contributed by atoms with E-state index >= 15 is 0 Å². The fraction of sp³-hybridized carbons (Fsp3) is 0.348. The molecule has 2 aliphatic rings. The van der Waals surface area contributed by atoms with Crippen molar-refractivity contribution in [1.29, 1.82) is 0 Å².